The highest BCUT2D eigenvalue weighted by Crippen LogP contribution is 2.31. The van der Waals surface area contributed by atoms with Crippen molar-refractivity contribution in [1.29, 1.82) is 0 Å². The van der Waals surface area contributed by atoms with Crippen LogP contribution in [0.5, 0.6) is 0 Å². The number of hydrogen-bond donors (Lipinski definition) is 1. The Labute approximate surface area is 145 Å². The summed E-state index contributed by atoms with van der Waals surface area (Å²) in [5.74, 6) is -0.171. The van der Waals surface area contributed by atoms with Crippen molar-refractivity contribution in [3.8, 4) is 11.3 Å². The molecule has 120 valence electrons. The molecule has 0 aliphatic carbocycles. The topological polar surface area (TPSA) is 42.0 Å². The van der Waals surface area contributed by atoms with Gasteiger partial charge in [0, 0.05) is 16.5 Å². The predicted octanol–water partition coefficient (Wildman–Crippen LogP) is 5.02. The van der Waals surface area contributed by atoms with Gasteiger partial charge < -0.3 is 0 Å². The first-order chi connectivity index (χ1) is 11.8. The highest BCUT2D eigenvalue weighted by Gasteiger charge is 2.12. The van der Waals surface area contributed by atoms with Gasteiger partial charge in [-0.15, -0.1) is 11.3 Å². The summed E-state index contributed by atoms with van der Waals surface area (Å²) in [6, 6.07) is 19.8. The van der Waals surface area contributed by atoms with E-state index in [0.717, 1.165) is 23.2 Å². The number of hydrogen-bond acceptors (Lipinski definition) is 3. The van der Waals surface area contributed by atoms with Gasteiger partial charge in [-0.2, -0.15) is 0 Å². The van der Waals surface area contributed by atoms with Crippen LogP contribution in [0, 0.1) is 0 Å². The molecule has 0 bridgehead atoms. The monoisotopic (exact) mass is 334 g/mol. The number of benzene rings is 2. The molecule has 1 amide bonds. The second kappa shape index (κ2) is 7.70. The second-order valence-electron chi connectivity index (χ2n) is 5.24. The molecular weight excluding hydrogens is 316 g/mol. The van der Waals surface area contributed by atoms with Crippen molar-refractivity contribution in [1.82, 2.24) is 4.98 Å². The molecule has 0 atom stereocenters. The molecule has 0 radical (unpaired) electrons. The fourth-order valence-electron chi connectivity index (χ4n) is 2.35. The van der Waals surface area contributed by atoms with Crippen LogP contribution in [0.4, 0.5) is 5.13 Å². The van der Waals surface area contributed by atoms with Crippen LogP contribution >= 0.6 is 11.3 Å². The van der Waals surface area contributed by atoms with Gasteiger partial charge in [0.05, 0.1) is 5.69 Å². The van der Waals surface area contributed by atoms with E-state index in [9.17, 15) is 4.79 Å². The van der Waals surface area contributed by atoms with Crippen molar-refractivity contribution in [3.05, 3.63) is 77.2 Å². The summed E-state index contributed by atoms with van der Waals surface area (Å²) in [6.07, 6.45) is 4.21. The SMILES string of the molecule is CCc1sc(NC(=O)C=Cc2ccccc2)nc1-c1ccccc1. The lowest BCUT2D eigenvalue weighted by Gasteiger charge is -1.98. The van der Waals surface area contributed by atoms with E-state index in [1.165, 1.54) is 22.3 Å². The molecule has 3 nitrogen and oxygen atoms in total. The Kier molecular flexibility index (Phi) is 5.18. The van der Waals surface area contributed by atoms with E-state index in [2.05, 4.69) is 17.2 Å². The first kappa shape index (κ1) is 16.1. The van der Waals surface area contributed by atoms with E-state index in [0.29, 0.717) is 5.13 Å². The minimum atomic E-state index is -0.171. The Bertz CT molecular complexity index is 839. The van der Waals surface area contributed by atoms with Gasteiger partial charge in [0.15, 0.2) is 5.13 Å². The first-order valence-corrected chi connectivity index (χ1v) is 8.67. The van der Waals surface area contributed by atoms with Gasteiger partial charge >= 0.3 is 0 Å². The zero-order valence-electron chi connectivity index (χ0n) is 13.4. The fraction of sp³-hybridized carbons (Fsp3) is 0.100. The van der Waals surface area contributed by atoms with Gasteiger partial charge in [-0.25, -0.2) is 4.98 Å². The highest BCUT2D eigenvalue weighted by molar-refractivity contribution is 7.16. The van der Waals surface area contributed by atoms with E-state index < -0.39 is 0 Å². The first-order valence-electron chi connectivity index (χ1n) is 7.85. The van der Waals surface area contributed by atoms with Gasteiger partial charge in [0.2, 0.25) is 5.91 Å². The van der Waals surface area contributed by atoms with Gasteiger partial charge in [-0.1, -0.05) is 67.6 Å². The van der Waals surface area contributed by atoms with Crippen LogP contribution in [0.3, 0.4) is 0 Å². The summed E-state index contributed by atoms with van der Waals surface area (Å²) in [7, 11) is 0. The van der Waals surface area contributed by atoms with Crippen LogP contribution in [0.2, 0.25) is 0 Å². The fourth-order valence-corrected chi connectivity index (χ4v) is 3.28. The number of nitrogens with one attached hydrogen (secondary N) is 1. The molecule has 24 heavy (non-hydrogen) atoms. The molecule has 3 aromatic rings. The molecule has 0 fully saturated rings. The summed E-state index contributed by atoms with van der Waals surface area (Å²) in [6.45, 7) is 2.10. The molecule has 2 aromatic carbocycles. The predicted molar refractivity (Wildman–Crippen MR) is 101 cm³/mol. The van der Waals surface area contributed by atoms with Crippen molar-refractivity contribution in [2.24, 2.45) is 0 Å². The largest absolute Gasteiger partial charge is 0.298 e. The Balaban J connectivity index is 1.75. The van der Waals surface area contributed by atoms with Gasteiger partial charge in [-0.3, -0.25) is 10.1 Å². The summed E-state index contributed by atoms with van der Waals surface area (Å²) in [4.78, 5) is 17.9. The number of nitrogens with zero attached hydrogens (tertiary/aromatic N) is 1. The zero-order valence-corrected chi connectivity index (χ0v) is 14.2. The summed E-state index contributed by atoms with van der Waals surface area (Å²) in [5, 5.41) is 3.49. The maximum atomic E-state index is 12.1. The highest BCUT2D eigenvalue weighted by atomic mass is 32.1. The van der Waals surface area contributed by atoms with E-state index in [1.807, 2.05) is 60.7 Å². The molecule has 0 aliphatic heterocycles. The number of amides is 1. The van der Waals surface area contributed by atoms with Crippen molar-refractivity contribution in [2.45, 2.75) is 13.3 Å². The van der Waals surface area contributed by atoms with E-state index in [-0.39, 0.29) is 5.91 Å². The molecule has 0 saturated carbocycles. The van der Waals surface area contributed by atoms with E-state index >= 15 is 0 Å². The average Bonchev–Trinajstić information content (AvgIpc) is 3.04. The molecule has 1 N–H and O–H groups in total. The molecule has 1 heterocycles. The minimum Gasteiger partial charge on any atom is -0.298 e. The van der Waals surface area contributed by atoms with Crippen molar-refractivity contribution < 1.29 is 4.79 Å². The third kappa shape index (κ3) is 3.97. The molecule has 1 aromatic heterocycles. The van der Waals surface area contributed by atoms with Gasteiger partial charge in [0.25, 0.3) is 0 Å². The molecule has 0 spiro atoms. The van der Waals surface area contributed by atoms with Crippen LogP contribution in [0.15, 0.2) is 66.7 Å². The lowest BCUT2D eigenvalue weighted by Crippen LogP contribution is -2.07. The van der Waals surface area contributed by atoms with Crippen LogP contribution in [-0.2, 0) is 11.2 Å². The van der Waals surface area contributed by atoms with Crippen molar-refractivity contribution in [3.63, 3.8) is 0 Å². The molecule has 0 aliphatic rings. The maximum absolute atomic E-state index is 12.1. The number of carbonyl (C=O) groups is 1. The zero-order chi connectivity index (χ0) is 16.8. The van der Waals surface area contributed by atoms with Crippen LogP contribution < -0.4 is 5.32 Å². The van der Waals surface area contributed by atoms with E-state index in [4.69, 9.17) is 0 Å². The summed E-state index contributed by atoms with van der Waals surface area (Å²) < 4.78 is 0. The number of thiazole rings is 1. The van der Waals surface area contributed by atoms with Gasteiger partial charge in [0.1, 0.15) is 0 Å². The number of carbonyl (C=O) groups excluding carboxylic acids is 1. The van der Waals surface area contributed by atoms with Crippen LogP contribution in [-0.4, -0.2) is 10.9 Å². The number of aryl methyl sites for hydroxylation is 1. The maximum Gasteiger partial charge on any atom is 0.250 e. The lowest BCUT2D eigenvalue weighted by molar-refractivity contribution is -0.111. The Morgan fingerprint density at radius 2 is 1.75 bits per heavy atom. The standard InChI is InChI=1S/C20H18N2OS/c1-2-17-19(16-11-7-4-8-12-16)22-20(24-17)21-18(23)14-13-15-9-5-3-6-10-15/h3-14H,2H2,1H3,(H,21,22,23). The number of aromatic nitrogens is 1. The molecule has 0 unspecified atom stereocenters. The number of rotatable bonds is 5. The smallest absolute Gasteiger partial charge is 0.250 e. The lowest BCUT2D eigenvalue weighted by atomic mass is 10.1. The quantitative estimate of drug-likeness (QED) is 0.665. The third-order valence-electron chi connectivity index (χ3n) is 3.52. The van der Waals surface area contributed by atoms with Gasteiger partial charge in [-0.05, 0) is 18.1 Å². The normalized spacial score (nSPS) is 10.9. The second-order valence-corrected chi connectivity index (χ2v) is 6.33. The van der Waals surface area contributed by atoms with Crippen LogP contribution in [0.25, 0.3) is 17.3 Å². The molecular formula is C20H18N2OS. The Morgan fingerprint density at radius 1 is 1.08 bits per heavy atom. The third-order valence-corrected chi connectivity index (χ3v) is 4.64. The Morgan fingerprint density at radius 3 is 2.42 bits per heavy atom. The Hall–Kier alpha value is -2.72. The molecule has 3 rings (SSSR count). The van der Waals surface area contributed by atoms with E-state index in [1.54, 1.807) is 6.08 Å². The summed E-state index contributed by atoms with van der Waals surface area (Å²) in [5.41, 5.74) is 3.02. The van der Waals surface area contributed by atoms with Crippen LogP contribution in [0.1, 0.15) is 17.4 Å². The number of anilines is 1. The minimum absolute atomic E-state index is 0.171. The van der Waals surface area contributed by atoms with Crippen molar-refractivity contribution in [2.75, 3.05) is 5.32 Å². The molecule has 0 saturated heterocycles. The molecule has 4 heteroatoms. The average molecular weight is 334 g/mol. The van der Waals surface area contributed by atoms with Crippen molar-refractivity contribution >= 4 is 28.5 Å². The summed E-state index contributed by atoms with van der Waals surface area (Å²) >= 11 is 1.53.